The summed E-state index contributed by atoms with van der Waals surface area (Å²) < 4.78 is 36.8. The third-order valence-electron chi connectivity index (χ3n) is 2.69. The second kappa shape index (κ2) is 3.56. The van der Waals surface area contributed by atoms with E-state index in [1.165, 1.54) is 6.92 Å². The lowest BCUT2D eigenvalue weighted by Crippen LogP contribution is -2.31. The number of hydrogen-bond acceptors (Lipinski definition) is 2. The molecule has 1 rings (SSSR count). The van der Waals surface area contributed by atoms with E-state index in [9.17, 15) is 12.8 Å². The van der Waals surface area contributed by atoms with Gasteiger partial charge in [0.05, 0.1) is 11.0 Å². The Morgan fingerprint density at radius 2 is 2.15 bits per heavy atom. The summed E-state index contributed by atoms with van der Waals surface area (Å²) in [4.78, 5) is 0. The van der Waals surface area contributed by atoms with E-state index in [1.54, 1.807) is 0 Å². The summed E-state index contributed by atoms with van der Waals surface area (Å²) in [6.07, 6.45) is 2.30. The fraction of sp³-hybridized carbons (Fsp3) is 1.00. The molecule has 13 heavy (non-hydrogen) atoms. The van der Waals surface area contributed by atoms with Crippen molar-refractivity contribution >= 4 is 9.84 Å². The molecule has 1 fully saturated rings. The molecule has 0 aromatic carbocycles. The molecule has 78 valence electrons. The van der Waals surface area contributed by atoms with Gasteiger partial charge in [-0.2, -0.15) is 0 Å². The van der Waals surface area contributed by atoms with E-state index in [1.807, 2.05) is 6.92 Å². The molecule has 0 N–H and O–H groups in total. The van der Waals surface area contributed by atoms with Crippen LogP contribution in [0.2, 0.25) is 0 Å². The Hall–Kier alpha value is -0.120. The minimum absolute atomic E-state index is 0.293. The van der Waals surface area contributed by atoms with Gasteiger partial charge in [0, 0.05) is 0 Å². The molecule has 1 aliphatic rings. The third kappa shape index (κ3) is 2.66. The van der Waals surface area contributed by atoms with Crippen molar-refractivity contribution in [1.82, 2.24) is 0 Å². The Balaban J connectivity index is 2.88. The standard InChI is InChI=1S/C9H17FO2S/c1-3-8-5-4-6-9(2,10)7-13(8,11)12/h8H,3-7H2,1-2H3. The van der Waals surface area contributed by atoms with E-state index in [2.05, 4.69) is 0 Å². The van der Waals surface area contributed by atoms with Gasteiger partial charge in [-0.05, 0) is 32.6 Å². The first kappa shape index (κ1) is 11.0. The van der Waals surface area contributed by atoms with Gasteiger partial charge in [-0.25, -0.2) is 12.8 Å². The maximum Gasteiger partial charge on any atom is 0.156 e. The molecule has 0 aromatic heterocycles. The molecule has 1 heterocycles. The summed E-state index contributed by atoms with van der Waals surface area (Å²) in [6, 6.07) is 0. The van der Waals surface area contributed by atoms with Gasteiger partial charge in [0.2, 0.25) is 0 Å². The molecule has 0 spiro atoms. The van der Waals surface area contributed by atoms with E-state index in [4.69, 9.17) is 0 Å². The van der Waals surface area contributed by atoms with Crippen molar-refractivity contribution in [3.8, 4) is 0 Å². The first-order valence-corrected chi connectivity index (χ1v) is 6.49. The van der Waals surface area contributed by atoms with Gasteiger partial charge in [0.1, 0.15) is 5.67 Å². The molecule has 0 amide bonds. The monoisotopic (exact) mass is 208 g/mol. The van der Waals surface area contributed by atoms with Crippen LogP contribution < -0.4 is 0 Å². The molecular weight excluding hydrogens is 191 g/mol. The summed E-state index contributed by atoms with van der Waals surface area (Å²) in [6.45, 7) is 3.24. The molecule has 2 nitrogen and oxygen atoms in total. The molecule has 1 saturated heterocycles. The lowest BCUT2D eigenvalue weighted by molar-refractivity contribution is 0.203. The van der Waals surface area contributed by atoms with Crippen LogP contribution >= 0.6 is 0 Å². The second-order valence-electron chi connectivity index (χ2n) is 4.14. The van der Waals surface area contributed by atoms with Crippen LogP contribution in [0, 0.1) is 0 Å². The quantitative estimate of drug-likeness (QED) is 0.661. The molecule has 1 aliphatic heterocycles. The van der Waals surface area contributed by atoms with Crippen molar-refractivity contribution in [2.75, 3.05) is 5.75 Å². The van der Waals surface area contributed by atoms with Gasteiger partial charge < -0.3 is 0 Å². The Labute approximate surface area is 79.4 Å². The van der Waals surface area contributed by atoms with E-state index < -0.39 is 15.5 Å². The van der Waals surface area contributed by atoms with Gasteiger partial charge in [-0.15, -0.1) is 0 Å². The van der Waals surface area contributed by atoms with Gasteiger partial charge >= 0.3 is 0 Å². The minimum atomic E-state index is -3.19. The first-order valence-electron chi connectivity index (χ1n) is 4.78. The smallest absolute Gasteiger partial charge is 0.156 e. The second-order valence-corrected chi connectivity index (χ2v) is 6.42. The predicted molar refractivity (Wildman–Crippen MR) is 51.2 cm³/mol. The van der Waals surface area contributed by atoms with E-state index in [0.717, 1.165) is 0 Å². The summed E-state index contributed by atoms with van der Waals surface area (Å²) >= 11 is 0. The highest BCUT2D eigenvalue weighted by Gasteiger charge is 2.37. The van der Waals surface area contributed by atoms with Crippen molar-refractivity contribution in [1.29, 1.82) is 0 Å². The molecule has 0 saturated carbocycles. The zero-order chi connectivity index (χ0) is 10.1. The van der Waals surface area contributed by atoms with Crippen molar-refractivity contribution in [2.45, 2.75) is 50.4 Å². The fourth-order valence-corrected chi connectivity index (χ4v) is 4.20. The van der Waals surface area contributed by atoms with Gasteiger partial charge in [0.25, 0.3) is 0 Å². The summed E-state index contributed by atoms with van der Waals surface area (Å²) in [7, 11) is -3.19. The van der Waals surface area contributed by atoms with Crippen LogP contribution in [0.15, 0.2) is 0 Å². The minimum Gasteiger partial charge on any atom is -0.243 e. The van der Waals surface area contributed by atoms with Gasteiger partial charge in [0.15, 0.2) is 9.84 Å². The molecule has 0 radical (unpaired) electrons. The molecule has 0 bridgehead atoms. The maximum absolute atomic E-state index is 13.6. The van der Waals surface area contributed by atoms with Crippen molar-refractivity contribution < 1.29 is 12.8 Å². The van der Waals surface area contributed by atoms with Crippen LogP contribution in [0.1, 0.15) is 39.5 Å². The number of halogens is 1. The number of alkyl halides is 1. The van der Waals surface area contributed by atoms with Crippen molar-refractivity contribution in [2.24, 2.45) is 0 Å². The summed E-state index contributed by atoms with van der Waals surface area (Å²) in [5, 5.41) is -0.315. The maximum atomic E-state index is 13.6. The number of hydrogen-bond donors (Lipinski definition) is 0. The van der Waals surface area contributed by atoms with Gasteiger partial charge in [-0.1, -0.05) is 6.92 Å². The normalized spacial score (nSPS) is 39.8. The lowest BCUT2D eigenvalue weighted by Gasteiger charge is -2.17. The molecule has 0 aliphatic carbocycles. The van der Waals surface area contributed by atoms with E-state index >= 15 is 0 Å². The highest BCUT2D eigenvalue weighted by atomic mass is 32.2. The SMILES string of the molecule is CCC1CCCC(C)(F)CS1(=O)=O. The topological polar surface area (TPSA) is 34.1 Å². The van der Waals surface area contributed by atoms with Crippen LogP contribution in [0.25, 0.3) is 0 Å². The van der Waals surface area contributed by atoms with Crippen LogP contribution in [0.4, 0.5) is 4.39 Å². The summed E-state index contributed by atoms with van der Waals surface area (Å²) in [5.74, 6) is -0.293. The zero-order valence-electron chi connectivity index (χ0n) is 8.22. The van der Waals surface area contributed by atoms with Gasteiger partial charge in [-0.3, -0.25) is 0 Å². The fourth-order valence-electron chi connectivity index (χ4n) is 1.95. The lowest BCUT2D eigenvalue weighted by atomic mass is 10.0. The molecule has 2 atom stereocenters. The average molecular weight is 208 g/mol. The Morgan fingerprint density at radius 1 is 1.54 bits per heavy atom. The van der Waals surface area contributed by atoms with Crippen LogP contribution in [0.3, 0.4) is 0 Å². The molecule has 0 aromatic rings. The zero-order valence-corrected chi connectivity index (χ0v) is 9.03. The average Bonchev–Trinajstić information content (AvgIpc) is 2.03. The van der Waals surface area contributed by atoms with Crippen LogP contribution in [0.5, 0.6) is 0 Å². The number of rotatable bonds is 1. The Morgan fingerprint density at radius 3 is 2.69 bits per heavy atom. The van der Waals surface area contributed by atoms with Crippen molar-refractivity contribution in [3.05, 3.63) is 0 Å². The number of sulfone groups is 1. The Bertz CT molecular complexity index is 269. The highest BCUT2D eigenvalue weighted by Crippen LogP contribution is 2.30. The van der Waals surface area contributed by atoms with Crippen molar-refractivity contribution in [3.63, 3.8) is 0 Å². The van der Waals surface area contributed by atoms with E-state index in [0.29, 0.717) is 25.7 Å². The largest absolute Gasteiger partial charge is 0.243 e. The summed E-state index contributed by atoms with van der Waals surface area (Å²) in [5.41, 5.74) is -1.51. The molecule has 4 heteroatoms. The first-order chi connectivity index (χ1) is 5.87. The molecular formula is C9H17FO2S. The van der Waals surface area contributed by atoms with E-state index in [-0.39, 0.29) is 11.0 Å². The predicted octanol–water partition coefficient (Wildman–Crippen LogP) is 2.09. The highest BCUT2D eigenvalue weighted by molar-refractivity contribution is 7.92. The van der Waals surface area contributed by atoms with Crippen LogP contribution in [-0.4, -0.2) is 25.1 Å². The van der Waals surface area contributed by atoms with Crippen LogP contribution in [-0.2, 0) is 9.84 Å². The molecule has 2 unspecified atom stereocenters. The Kier molecular flexibility index (Phi) is 3.00. The third-order valence-corrected chi connectivity index (χ3v) is 5.28.